The Bertz CT molecular complexity index is 597. The van der Waals surface area contributed by atoms with Gasteiger partial charge in [0.25, 0.3) is 15.0 Å². The van der Waals surface area contributed by atoms with Crippen molar-refractivity contribution in [2.75, 3.05) is 11.9 Å². The smallest absolute Gasteiger partial charge is 0.261 e. The molecule has 1 atom stereocenters. The van der Waals surface area contributed by atoms with Gasteiger partial charge in [-0.05, 0) is 31.0 Å². The number of halogens is 2. The Kier molecular flexibility index (Phi) is 4.35. The topological polar surface area (TPSA) is 72.5 Å². The van der Waals surface area contributed by atoms with Crippen LogP contribution >= 0.6 is 22.3 Å². The number of carbonyl (C=O) groups is 1. The lowest BCUT2D eigenvalue weighted by Gasteiger charge is -2.11. The fourth-order valence-corrected chi connectivity index (χ4v) is 2.82. The van der Waals surface area contributed by atoms with Crippen LogP contribution in [-0.4, -0.2) is 27.0 Å². The van der Waals surface area contributed by atoms with Crippen LogP contribution < -0.4 is 5.32 Å². The number of anilines is 1. The molecule has 0 aromatic heterocycles. The van der Waals surface area contributed by atoms with E-state index in [4.69, 9.17) is 27.0 Å². The van der Waals surface area contributed by atoms with E-state index in [0.717, 1.165) is 6.42 Å². The van der Waals surface area contributed by atoms with Gasteiger partial charge in [-0.2, -0.15) is 0 Å². The van der Waals surface area contributed by atoms with Crippen molar-refractivity contribution in [3.05, 3.63) is 23.2 Å². The van der Waals surface area contributed by atoms with Crippen LogP contribution in [0.2, 0.25) is 5.02 Å². The van der Waals surface area contributed by atoms with E-state index >= 15 is 0 Å². The summed E-state index contributed by atoms with van der Waals surface area (Å²) in [6.07, 6.45) is 1.03. The van der Waals surface area contributed by atoms with Gasteiger partial charge in [-0.15, -0.1) is 0 Å². The van der Waals surface area contributed by atoms with Crippen molar-refractivity contribution in [2.45, 2.75) is 23.8 Å². The Labute approximate surface area is 120 Å². The molecule has 0 bridgehead atoms. The molecule has 0 aliphatic carbocycles. The molecule has 0 radical (unpaired) electrons. The van der Waals surface area contributed by atoms with Gasteiger partial charge in [-0.25, -0.2) is 8.42 Å². The molecule has 104 valence electrons. The zero-order valence-corrected chi connectivity index (χ0v) is 12.1. The van der Waals surface area contributed by atoms with Crippen LogP contribution in [-0.2, 0) is 18.6 Å². The van der Waals surface area contributed by atoms with Gasteiger partial charge in [0.1, 0.15) is 6.10 Å². The van der Waals surface area contributed by atoms with Gasteiger partial charge in [0.15, 0.2) is 0 Å². The summed E-state index contributed by atoms with van der Waals surface area (Å²) in [7, 11) is 1.36. The van der Waals surface area contributed by atoms with E-state index in [0.29, 0.717) is 18.7 Å². The predicted molar refractivity (Wildman–Crippen MR) is 72.1 cm³/mol. The van der Waals surface area contributed by atoms with Gasteiger partial charge in [0.05, 0.1) is 15.6 Å². The molecule has 1 heterocycles. The predicted octanol–water partition coefficient (Wildman–Crippen LogP) is 2.39. The van der Waals surface area contributed by atoms with Crippen LogP contribution in [0.25, 0.3) is 0 Å². The van der Waals surface area contributed by atoms with Gasteiger partial charge in [0.2, 0.25) is 0 Å². The largest absolute Gasteiger partial charge is 0.368 e. The van der Waals surface area contributed by atoms with Crippen LogP contribution in [0.4, 0.5) is 5.69 Å². The molecule has 1 fully saturated rings. The fraction of sp³-hybridized carbons (Fsp3) is 0.364. The monoisotopic (exact) mass is 323 g/mol. The lowest BCUT2D eigenvalue weighted by molar-refractivity contribution is -0.124. The highest BCUT2D eigenvalue weighted by Crippen LogP contribution is 2.27. The average Bonchev–Trinajstić information content (AvgIpc) is 2.84. The number of hydrogen-bond acceptors (Lipinski definition) is 4. The third-order valence-electron chi connectivity index (χ3n) is 2.70. The van der Waals surface area contributed by atoms with Crippen LogP contribution in [0.5, 0.6) is 0 Å². The molecule has 1 aliphatic heterocycles. The zero-order chi connectivity index (χ0) is 14.0. The summed E-state index contributed by atoms with van der Waals surface area (Å²) in [4.78, 5) is 11.7. The summed E-state index contributed by atoms with van der Waals surface area (Å²) in [6, 6.07) is 3.86. The van der Waals surface area contributed by atoms with Crippen molar-refractivity contribution in [3.8, 4) is 0 Å². The number of carbonyl (C=O) groups excluding carboxylic acids is 1. The van der Waals surface area contributed by atoms with Crippen molar-refractivity contribution in [1.29, 1.82) is 0 Å². The van der Waals surface area contributed by atoms with Gasteiger partial charge in [-0.1, -0.05) is 11.6 Å². The molecule has 0 spiro atoms. The Balaban J connectivity index is 2.15. The van der Waals surface area contributed by atoms with E-state index in [-0.39, 0.29) is 15.8 Å². The first kappa shape index (κ1) is 14.6. The summed E-state index contributed by atoms with van der Waals surface area (Å²) >= 11 is 5.91. The average molecular weight is 324 g/mol. The summed E-state index contributed by atoms with van der Waals surface area (Å²) in [5.74, 6) is -0.291. The number of benzene rings is 1. The van der Waals surface area contributed by atoms with Crippen molar-refractivity contribution in [3.63, 3.8) is 0 Å². The molecular weight excluding hydrogens is 313 g/mol. The Hall–Kier alpha value is -0.820. The minimum Gasteiger partial charge on any atom is -0.368 e. The standard InChI is InChI=1S/C11H11Cl2NO4S/c12-8-6-7(19(13,16)17)3-4-9(8)14-11(15)10-2-1-5-18-10/h3-4,6,10H,1-2,5H2,(H,14,15). The minimum absolute atomic E-state index is 0.105. The van der Waals surface area contributed by atoms with Crippen LogP contribution in [0, 0.1) is 0 Å². The number of rotatable bonds is 3. The van der Waals surface area contributed by atoms with Gasteiger partial charge >= 0.3 is 0 Å². The molecule has 1 aromatic carbocycles. The normalized spacial score (nSPS) is 19.4. The molecule has 1 N–H and O–H groups in total. The molecule has 1 amide bonds. The maximum Gasteiger partial charge on any atom is 0.261 e. The van der Waals surface area contributed by atoms with E-state index in [2.05, 4.69) is 5.32 Å². The maximum atomic E-state index is 11.8. The van der Waals surface area contributed by atoms with E-state index in [9.17, 15) is 13.2 Å². The first-order valence-corrected chi connectivity index (χ1v) is 8.23. The third-order valence-corrected chi connectivity index (χ3v) is 4.37. The SMILES string of the molecule is O=C(Nc1ccc(S(=O)(=O)Cl)cc1Cl)C1CCCO1. The summed E-state index contributed by atoms with van der Waals surface area (Å²) in [5, 5.41) is 2.70. The number of hydrogen-bond donors (Lipinski definition) is 1. The molecule has 5 nitrogen and oxygen atoms in total. The van der Waals surface area contributed by atoms with Crippen molar-refractivity contribution >= 4 is 42.9 Å². The Morgan fingerprint density at radius 1 is 1.42 bits per heavy atom. The first-order chi connectivity index (χ1) is 8.88. The van der Waals surface area contributed by atoms with Gasteiger partial charge < -0.3 is 10.1 Å². The molecule has 2 rings (SSSR count). The second-order valence-electron chi connectivity index (χ2n) is 4.07. The second kappa shape index (κ2) is 5.66. The summed E-state index contributed by atoms with van der Waals surface area (Å²) in [6.45, 7) is 0.565. The lowest BCUT2D eigenvalue weighted by atomic mass is 10.2. The molecule has 0 saturated carbocycles. The highest BCUT2D eigenvalue weighted by Gasteiger charge is 2.24. The van der Waals surface area contributed by atoms with E-state index in [1.165, 1.54) is 18.2 Å². The van der Waals surface area contributed by atoms with Crippen LogP contribution in [0.15, 0.2) is 23.1 Å². The van der Waals surface area contributed by atoms with Crippen LogP contribution in [0.1, 0.15) is 12.8 Å². The van der Waals surface area contributed by atoms with Crippen molar-refractivity contribution in [1.82, 2.24) is 0 Å². The quantitative estimate of drug-likeness (QED) is 0.867. The molecule has 1 unspecified atom stereocenters. The van der Waals surface area contributed by atoms with Crippen molar-refractivity contribution in [2.24, 2.45) is 0 Å². The summed E-state index contributed by atoms with van der Waals surface area (Å²) in [5.41, 5.74) is 0.325. The first-order valence-electron chi connectivity index (χ1n) is 5.54. The summed E-state index contributed by atoms with van der Waals surface area (Å²) < 4.78 is 27.5. The molecule has 1 aliphatic rings. The van der Waals surface area contributed by atoms with E-state index in [1.54, 1.807) is 0 Å². The fourth-order valence-electron chi connectivity index (χ4n) is 1.75. The zero-order valence-electron chi connectivity index (χ0n) is 9.73. The molecule has 1 aromatic rings. The highest BCUT2D eigenvalue weighted by atomic mass is 35.7. The van der Waals surface area contributed by atoms with Gasteiger partial charge in [-0.3, -0.25) is 4.79 Å². The maximum absolute atomic E-state index is 11.8. The third kappa shape index (κ3) is 3.60. The van der Waals surface area contributed by atoms with Gasteiger partial charge in [0, 0.05) is 17.3 Å². The minimum atomic E-state index is -3.84. The Morgan fingerprint density at radius 2 is 2.16 bits per heavy atom. The second-order valence-corrected chi connectivity index (χ2v) is 7.04. The molecule has 1 saturated heterocycles. The lowest BCUT2D eigenvalue weighted by Crippen LogP contribution is -2.26. The Morgan fingerprint density at radius 3 is 2.68 bits per heavy atom. The molecule has 8 heteroatoms. The number of nitrogens with one attached hydrogen (secondary N) is 1. The number of ether oxygens (including phenoxy) is 1. The van der Waals surface area contributed by atoms with Crippen LogP contribution in [0.3, 0.4) is 0 Å². The number of amides is 1. The van der Waals surface area contributed by atoms with E-state index < -0.39 is 15.2 Å². The van der Waals surface area contributed by atoms with E-state index in [1.807, 2.05) is 0 Å². The van der Waals surface area contributed by atoms with Crippen molar-refractivity contribution < 1.29 is 17.9 Å². The highest BCUT2D eigenvalue weighted by molar-refractivity contribution is 8.13. The molecule has 19 heavy (non-hydrogen) atoms. The molecular formula is C11H11Cl2NO4S.